The summed E-state index contributed by atoms with van der Waals surface area (Å²) in [6.45, 7) is 4.03. The fourth-order valence-electron chi connectivity index (χ4n) is 1.21. The van der Waals surface area contributed by atoms with Crippen molar-refractivity contribution in [1.29, 1.82) is 0 Å². The van der Waals surface area contributed by atoms with Crippen molar-refractivity contribution in [2.75, 3.05) is 6.61 Å². The summed E-state index contributed by atoms with van der Waals surface area (Å²) in [6.07, 6.45) is 3.01. The number of nitrogens with zero attached hydrogens (tertiary/aromatic N) is 3. The first kappa shape index (κ1) is 10.1. The molecule has 1 heterocycles. The van der Waals surface area contributed by atoms with Crippen molar-refractivity contribution in [2.24, 2.45) is 11.7 Å². The first-order valence-corrected chi connectivity index (χ1v) is 4.37. The van der Waals surface area contributed by atoms with E-state index in [9.17, 15) is 0 Å². The second-order valence-electron chi connectivity index (χ2n) is 3.45. The third-order valence-electron chi connectivity index (χ3n) is 2.18. The molecule has 0 amide bonds. The van der Waals surface area contributed by atoms with Crippen LogP contribution in [0.15, 0.2) is 12.7 Å². The molecule has 0 aliphatic rings. The molecule has 0 aromatic carbocycles. The van der Waals surface area contributed by atoms with Gasteiger partial charge in [-0.3, -0.25) is 0 Å². The van der Waals surface area contributed by atoms with E-state index in [0.717, 1.165) is 0 Å². The Labute approximate surface area is 77.6 Å². The van der Waals surface area contributed by atoms with E-state index >= 15 is 0 Å². The first-order chi connectivity index (χ1) is 6.16. The molecule has 2 atom stereocenters. The summed E-state index contributed by atoms with van der Waals surface area (Å²) in [4.78, 5) is 3.82. The minimum Gasteiger partial charge on any atom is -0.394 e. The molecule has 5 heteroatoms. The van der Waals surface area contributed by atoms with Crippen LogP contribution in [0.3, 0.4) is 0 Å². The van der Waals surface area contributed by atoms with E-state index in [4.69, 9.17) is 10.8 Å². The molecule has 0 radical (unpaired) electrons. The molecular weight excluding hydrogens is 168 g/mol. The summed E-state index contributed by atoms with van der Waals surface area (Å²) >= 11 is 0. The van der Waals surface area contributed by atoms with E-state index < -0.39 is 0 Å². The van der Waals surface area contributed by atoms with Crippen LogP contribution in [0.2, 0.25) is 0 Å². The lowest BCUT2D eigenvalue weighted by molar-refractivity contribution is 0.178. The van der Waals surface area contributed by atoms with Crippen LogP contribution in [0.1, 0.15) is 19.9 Å². The van der Waals surface area contributed by atoms with Crippen LogP contribution in [0.4, 0.5) is 0 Å². The van der Waals surface area contributed by atoms with Crippen molar-refractivity contribution in [3.05, 3.63) is 12.7 Å². The summed E-state index contributed by atoms with van der Waals surface area (Å²) in [7, 11) is 0. The molecule has 5 nitrogen and oxygen atoms in total. The highest BCUT2D eigenvalue weighted by atomic mass is 16.3. The zero-order valence-electron chi connectivity index (χ0n) is 7.96. The van der Waals surface area contributed by atoms with Gasteiger partial charge in [-0.05, 0) is 5.92 Å². The van der Waals surface area contributed by atoms with Gasteiger partial charge in [-0.2, -0.15) is 5.10 Å². The highest BCUT2D eigenvalue weighted by Gasteiger charge is 2.21. The summed E-state index contributed by atoms with van der Waals surface area (Å²) in [5.74, 6) is 0.307. The van der Waals surface area contributed by atoms with Crippen LogP contribution in [0.5, 0.6) is 0 Å². The normalized spacial score (nSPS) is 16.1. The maximum absolute atomic E-state index is 9.15. The molecule has 74 valence electrons. The number of aliphatic hydroxyl groups is 1. The highest BCUT2D eigenvalue weighted by molar-refractivity contribution is 4.80. The topological polar surface area (TPSA) is 77.0 Å². The zero-order valence-corrected chi connectivity index (χ0v) is 7.96. The van der Waals surface area contributed by atoms with Gasteiger partial charge in [-0.25, -0.2) is 9.67 Å². The smallest absolute Gasteiger partial charge is 0.137 e. The Balaban J connectivity index is 2.74. The Morgan fingerprint density at radius 3 is 2.62 bits per heavy atom. The fraction of sp³-hybridized carbons (Fsp3) is 0.750. The van der Waals surface area contributed by atoms with E-state index in [2.05, 4.69) is 10.1 Å². The lowest BCUT2D eigenvalue weighted by Crippen LogP contribution is -2.39. The predicted octanol–water partition coefficient (Wildman–Crippen LogP) is -0.205. The van der Waals surface area contributed by atoms with Gasteiger partial charge in [0.25, 0.3) is 0 Å². The van der Waals surface area contributed by atoms with Gasteiger partial charge < -0.3 is 10.8 Å². The van der Waals surface area contributed by atoms with E-state index in [-0.39, 0.29) is 18.7 Å². The summed E-state index contributed by atoms with van der Waals surface area (Å²) < 4.78 is 1.60. The Kier molecular flexibility index (Phi) is 3.39. The van der Waals surface area contributed by atoms with Gasteiger partial charge in [0, 0.05) is 6.04 Å². The zero-order chi connectivity index (χ0) is 9.84. The summed E-state index contributed by atoms with van der Waals surface area (Å²) in [5, 5.41) is 13.1. The molecule has 0 spiro atoms. The van der Waals surface area contributed by atoms with Gasteiger partial charge in [-0.1, -0.05) is 13.8 Å². The van der Waals surface area contributed by atoms with Crippen LogP contribution < -0.4 is 5.73 Å². The lowest BCUT2D eigenvalue weighted by atomic mass is 9.98. The quantitative estimate of drug-likeness (QED) is 0.679. The summed E-state index contributed by atoms with van der Waals surface area (Å²) in [6, 6.07) is -0.283. The second kappa shape index (κ2) is 4.34. The van der Waals surface area contributed by atoms with Crippen LogP contribution >= 0.6 is 0 Å². The number of hydrogen-bond donors (Lipinski definition) is 2. The number of nitrogens with two attached hydrogens (primary N) is 1. The molecule has 13 heavy (non-hydrogen) atoms. The standard InChI is InChI=1S/C8H16N4O/c1-6(2)8(9)7(3-13)12-5-10-4-11-12/h4-8,13H,3,9H2,1-2H3. The number of rotatable bonds is 4. The highest BCUT2D eigenvalue weighted by Crippen LogP contribution is 2.14. The minimum atomic E-state index is -0.178. The average molecular weight is 184 g/mol. The Morgan fingerprint density at radius 1 is 1.54 bits per heavy atom. The third-order valence-corrected chi connectivity index (χ3v) is 2.18. The second-order valence-corrected chi connectivity index (χ2v) is 3.45. The molecule has 0 saturated carbocycles. The largest absolute Gasteiger partial charge is 0.394 e. The van der Waals surface area contributed by atoms with Gasteiger partial charge >= 0.3 is 0 Å². The van der Waals surface area contributed by atoms with E-state index in [1.165, 1.54) is 6.33 Å². The van der Waals surface area contributed by atoms with Crippen molar-refractivity contribution in [2.45, 2.75) is 25.9 Å². The third kappa shape index (κ3) is 2.26. The van der Waals surface area contributed by atoms with Crippen LogP contribution in [-0.4, -0.2) is 32.5 Å². The van der Waals surface area contributed by atoms with Gasteiger partial charge in [0.1, 0.15) is 12.7 Å². The van der Waals surface area contributed by atoms with E-state index in [1.807, 2.05) is 13.8 Å². The van der Waals surface area contributed by atoms with Crippen LogP contribution in [0.25, 0.3) is 0 Å². The molecule has 3 N–H and O–H groups in total. The molecule has 0 aliphatic heterocycles. The van der Waals surface area contributed by atoms with Crippen LogP contribution in [0, 0.1) is 5.92 Å². The van der Waals surface area contributed by atoms with Gasteiger partial charge in [0.15, 0.2) is 0 Å². The van der Waals surface area contributed by atoms with Crippen molar-refractivity contribution < 1.29 is 5.11 Å². The van der Waals surface area contributed by atoms with Gasteiger partial charge in [-0.15, -0.1) is 0 Å². The maximum Gasteiger partial charge on any atom is 0.137 e. The lowest BCUT2D eigenvalue weighted by Gasteiger charge is -2.24. The van der Waals surface area contributed by atoms with Crippen molar-refractivity contribution in [3.8, 4) is 0 Å². The van der Waals surface area contributed by atoms with Gasteiger partial charge in [0.2, 0.25) is 0 Å². The molecule has 0 saturated heterocycles. The molecule has 1 aromatic rings. The summed E-state index contributed by atoms with van der Waals surface area (Å²) in [5.41, 5.74) is 5.91. The monoisotopic (exact) mass is 184 g/mol. The number of aliphatic hydroxyl groups excluding tert-OH is 1. The maximum atomic E-state index is 9.15. The van der Waals surface area contributed by atoms with Crippen molar-refractivity contribution >= 4 is 0 Å². The molecule has 0 aliphatic carbocycles. The van der Waals surface area contributed by atoms with Gasteiger partial charge in [0.05, 0.1) is 12.6 Å². The molecule has 1 rings (SSSR count). The molecule has 0 fully saturated rings. The number of aromatic nitrogens is 3. The molecular formula is C8H16N4O. The van der Waals surface area contributed by atoms with E-state index in [0.29, 0.717) is 5.92 Å². The SMILES string of the molecule is CC(C)C(N)C(CO)n1cncn1. The first-order valence-electron chi connectivity index (χ1n) is 4.37. The minimum absolute atomic E-state index is 0.0112. The van der Waals surface area contributed by atoms with Crippen molar-refractivity contribution in [1.82, 2.24) is 14.8 Å². The Morgan fingerprint density at radius 2 is 2.23 bits per heavy atom. The molecule has 2 unspecified atom stereocenters. The molecule has 1 aromatic heterocycles. The Hall–Kier alpha value is -0.940. The predicted molar refractivity (Wildman–Crippen MR) is 49.0 cm³/mol. The average Bonchev–Trinajstić information content (AvgIpc) is 2.58. The molecule has 0 bridgehead atoms. The van der Waals surface area contributed by atoms with Crippen LogP contribution in [-0.2, 0) is 0 Å². The Bertz CT molecular complexity index is 234. The number of hydrogen-bond acceptors (Lipinski definition) is 4. The fourth-order valence-corrected chi connectivity index (χ4v) is 1.21. The van der Waals surface area contributed by atoms with E-state index in [1.54, 1.807) is 11.0 Å². The van der Waals surface area contributed by atoms with Crippen molar-refractivity contribution in [3.63, 3.8) is 0 Å².